The van der Waals surface area contributed by atoms with Crippen LogP contribution in [0.25, 0.3) is 5.69 Å². The van der Waals surface area contributed by atoms with Crippen LogP contribution in [-0.4, -0.2) is 58.9 Å². The molecular formula is C23H25N5O3. The van der Waals surface area contributed by atoms with Crippen LogP contribution in [0.15, 0.2) is 59.4 Å². The molecule has 1 aliphatic rings. The van der Waals surface area contributed by atoms with E-state index in [9.17, 15) is 14.7 Å². The number of hydrogen-bond donors (Lipinski definition) is 2. The summed E-state index contributed by atoms with van der Waals surface area (Å²) in [6.07, 6.45) is 0. The highest BCUT2D eigenvalue weighted by Crippen LogP contribution is 2.21. The fourth-order valence-corrected chi connectivity index (χ4v) is 3.56. The van der Waals surface area contributed by atoms with Gasteiger partial charge in [0.2, 0.25) is 0 Å². The first-order chi connectivity index (χ1) is 14.9. The van der Waals surface area contributed by atoms with Crippen molar-refractivity contribution in [1.82, 2.24) is 14.7 Å². The molecule has 2 aromatic carbocycles. The van der Waals surface area contributed by atoms with Gasteiger partial charge in [-0.1, -0.05) is 12.1 Å². The molecule has 0 atom stereocenters. The standard InChI is InChI=1S/C23H25N5O3/c1-16-4-3-5-19(14-16)28-21(30)15-20(29)22(25-28)23(31)24-17-6-8-18(9-7-17)27-12-10-26(2)11-13-27/h3-9,14-15,29H,10-13H2,1-2H3,(H,24,31). The number of hydrogen-bond acceptors (Lipinski definition) is 6. The van der Waals surface area contributed by atoms with E-state index in [1.165, 1.54) is 0 Å². The Balaban J connectivity index is 1.53. The van der Waals surface area contributed by atoms with Crippen molar-refractivity contribution in [3.8, 4) is 11.4 Å². The molecule has 1 fully saturated rings. The number of benzene rings is 2. The van der Waals surface area contributed by atoms with Crippen LogP contribution in [0, 0.1) is 6.92 Å². The number of aryl methyl sites for hydroxylation is 1. The molecule has 1 amide bonds. The van der Waals surface area contributed by atoms with Crippen molar-refractivity contribution in [2.45, 2.75) is 6.92 Å². The van der Waals surface area contributed by atoms with Gasteiger partial charge in [-0.05, 0) is 55.9 Å². The van der Waals surface area contributed by atoms with Gasteiger partial charge in [-0.25, -0.2) is 0 Å². The number of likely N-dealkylation sites (N-methyl/N-ethyl adjacent to an activating group) is 1. The lowest BCUT2D eigenvalue weighted by atomic mass is 10.2. The van der Waals surface area contributed by atoms with E-state index in [2.05, 4.69) is 27.3 Å². The largest absolute Gasteiger partial charge is 0.505 e. The van der Waals surface area contributed by atoms with Gasteiger partial charge in [-0.3, -0.25) is 9.59 Å². The van der Waals surface area contributed by atoms with Crippen molar-refractivity contribution in [3.05, 3.63) is 76.2 Å². The highest BCUT2D eigenvalue weighted by Gasteiger charge is 2.18. The molecule has 1 saturated heterocycles. The molecule has 1 aliphatic heterocycles. The van der Waals surface area contributed by atoms with Gasteiger partial charge < -0.3 is 20.2 Å². The number of anilines is 2. The average molecular weight is 419 g/mol. The molecule has 2 heterocycles. The van der Waals surface area contributed by atoms with E-state index >= 15 is 0 Å². The summed E-state index contributed by atoms with van der Waals surface area (Å²) in [6.45, 7) is 5.84. The van der Waals surface area contributed by atoms with Gasteiger partial charge in [0.05, 0.1) is 5.69 Å². The number of nitrogens with one attached hydrogen (secondary N) is 1. The number of aromatic hydroxyl groups is 1. The highest BCUT2D eigenvalue weighted by molar-refractivity contribution is 6.04. The Labute approximate surface area is 180 Å². The average Bonchev–Trinajstić information content (AvgIpc) is 2.75. The van der Waals surface area contributed by atoms with Crippen molar-refractivity contribution >= 4 is 17.3 Å². The zero-order valence-electron chi connectivity index (χ0n) is 17.6. The smallest absolute Gasteiger partial charge is 0.279 e. The van der Waals surface area contributed by atoms with E-state index in [1.807, 2.05) is 37.3 Å². The molecular weight excluding hydrogens is 394 g/mol. The van der Waals surface area contributed by atoms with Gasteiger partial charge in [0.15, 0.2) is 11.4 Å². The molecule has 0 bridgehead atoms. The van der Waals surface area contributed by atoms with Crippen molar-refractivity contribution in [2.24, 2.45) is 0 Å². The number of rotatable bonds is 4. The fraction of sp³-hybridized carbons (Fsp3) is 0.261. The van der Waals surface area contributed by atoms with Crippen molar-refractivity contribution in [1.29, 1.82) is 0 Å². The Kier molecular flexibility index (Phi) is 5.73. The molecule has 0 unspecified atom stereocenters. The van der Waals surface area contributed by atoms with Crippen molar-refractivity contribution in [3.63, 3.8) is 0 Å². The van der Waals surface area contributed by atoms with Gasteiger partial charge in [-0.15, -0.1) is 0 Å². The number of amides is 1. The first-order valence-electron chi connectivity index (χ1n) is 10.2. The van der Waals surface area contributed by atoms with Crippen molar-refractivity contribution in [2.75, 3.05) is 43.4 Å². The highest BCUT2D eigenvalue weighted by atomic mass is 16.3. The summed E-state index contributed by atoms with van der Waals surface area (Å²) in [6, 6.07) is 15.8. The lowest BCUT2D eigenvalue weighted by Gasteiger charge is -2.34. The first kappa shape index (κ1) is 20.6. The minimum absolute atomic E-state index is 0.218. The molecule has 0 aliphatic carbocycles. The summed E-state index contributed by atoms with van der Waals surface area (Å²) >= 11 is 0. The van der Waals surface area contributed by atoms with E-state index in [1.54, 1.807) is 18.2 Å². The molecule has 4 rings (SSSR count). The molecule has 31 heavy (non-hydrogen) atoms. The predicted octanol–water partition coefficient (Wildman–Crippen LogP) is 2.25. The van der Waals surface area contributed by atoms with Gasteiger partial charge in [0, 0.05) is 43.6 Å². The van der Waals surface area contributed by atoms with Crippen LogP contribution in [0.4, 0.5) is 11.4 Å². The summed E-state index contributed by atoms with van der Waals surface area (Å²) in [5.41, 5.74) is 2.42. The van der Waals surface area contributed by atoms with Crippen LogP contribution in [0.2, 0.25) is 0 Å². The van der Waals surface area contributed by atoms with E-state index < -0.39 is 17.2 Å². The summed E-state index contributed by atoms with van der Waals surface area (Å²) in [7, 11) is 2.11. The topological polar surface area (TPSA) is 90.7 Å². The first-order valence-corrected chi connectivity index (χ1v) is 10.2. The second-order valence-corrected chi connectivity index (χ2v) is 7.76. The summed E-state index contributed by atoms with van der Waals surface area (Å²) in [4.78, 5) is 29.6. The molecule has 8 heteroatoms. The Morgan fingerprint density at radius 1 is 1.00 bits per heavy atom. The fourth-order valence-electron chi connectivity index (χ4n) is 3.56. The summed E-state index contributed by atoms with van der Waals surface area (Å²) < 4.78 is 1.11. The van der Waals surface area contributed by atoms with E-state index in [0.717, 1.165) is 48.2 Å². The monoisotopic (exact) mass is 419 g/mol. The number of nitrogens with zero attached hydrogens (tertiary/aromatic N) is 4. The zero-order valence-corrected chi connectivity index (χ0v) is 17.6. The van der Waals surface area contributed by atoms with Crippen LogP contribution < -0.4 is 15.8 Å². The van der Waals surface area contributed by atoms with Gasteiger partial charge in [-0.2, -0.15) is 9.78 Å². The molecule has 0 radical (unpaired) electrons. The third-order valence-electron chi connectivity index (χ3n) is 5.37. The number of piperazine rings is 1. The molecule has 3 aromatic rings. The minimum atomic E-state index is -0.591. The van der Waals surface area contributed by atoms with Crippen LogP contribution >= 0.6 is 0 Å². The van der Waals surface area contributed by atoms with Crippen LogP contribution in [-0.2, 0) is 0 Å². The molecule has 0 spiro atoms. The molecule has 1 aromatic heterocycles. The van der Waals surface area contributed by atoms with E-state index in [-0.39, 0.29) is 5.69 Å². The quantitative estimate of drug-likeness (QED) is 0.674. The third-order valence-corrected chi connectivity index (χ3v) is 5.37. The maximum atomic E-state index is 12.8. The normalized spacial score (nSPS) is 14.5. The van der Waals surface area contributed by atoms with Gasteiger partial charge in [0.25, 0.3) is 11.5 Å². The number of carbonyl (C=O) groups excluding carboxylic acids is 1. The third kappa shape index (κ3) is 4.59. The maximum absolute atomic E-state index is 12.8. The second-order valence-electron chi connectivity index (χ2n) is 7.76. The maximum Gasteiger partial charge on any atom is 0.279 e. The number of carbonyl (C=O) groups is 1. The summed E-state index contributed by atoms with van der Waals surface area (Å²) in [5.74, 6) is -1.05. The molecule has 8 nitrogen and oxygen atoms in total. The van der Waals surface area contributed by atoms with Crippen molar-refractivity contribution < 1.29 is 9.90 Å². The number of aromatic nitrogens is 2. The van der Waals surface area contributed by atoms with Gasteiger partial charge in [0.1, 0.15) is 0 Å². The molecule has 2 N–H and O–H groups in total. The van der Waals surface area contributed by atoms with Crippen LogP contribution in [0.3, 0.4) is 0 Å². The Morgan fingerprint density at radius 2 is 1.71 bits per heavy atom. The predicted molar refractivity (Wildman–Crippen MR) is 120 cm³/mol. The van der Waals surface area contributed by atoms with E-state index in [4.69, 9.17) is 0 Å². The zero-order chi connectivity index (χ0) is 22.0. The minimum Gasteiger partial charge on any atom is -0.505 e. The summed E-state index contributed by atoms with van der Waals surface area (Å²) in [5, 5.41) is 17.0. The SMILES string of the molecule is Cc1cccc(-n2nc(C(=O)Nc3ccc(N4CCN(C)CC4)cc3)c(O)cc2=O)c1. The van der Waals surface area contributed by atoms with E-state index in [0.29, 0.717) is 11.4 Å². The lowest BCUT2D eigenvalue weighted by Crippen LogP contribution is -2.44. The second kappa shape index (κ2) is 8.61. The molecule has 160 valence electrons. The van der Waals surface area contributed by atoms with Gasteiger partial charge >= 0.3 is 0 Å². The Bertz CT molecular complexity index is 1150. The molecule has 0 saturated carbocycles. The van der Waals surface area contributed by atoms with Crippen LogP contribution in [0.1, 0.15) is 16.1 Å². The Hall–Kier alpha value is -3.65. The Morgan fingerprint density at radius 3 is 2.39 bits per heavy atom. The van der Waals surface area contributed by atoms with Crippen LogP contribution in [0.5, 0.6) is 5.75 Å². The lowest BCUT2D eigenvalue weighted by molar-refractivity contribution is 0.101.